The molecule has 1 aliphatic rings. The third-order valence-electron chi connectivity index (χ3n) is 3.19. The molecule has 0 saturated carbocycles. The van der Waals surface area contributed by atoms with Crippen LogP contribution in [0.15, 0.2) is 0 Å². The van der Waals surface area contributed by atoms with Crippen LogP contribution in [0.1, 0.15) is 53.4 Å². The highest BCUT2D eigenvalue weighted by atomic mass is 16.2. The molecule has 104 valence electrons. The van der Waals surface area contributed by atoms with E-state index in [0.717, 1.165) is 12.8 Å². The van der Waals surface area contributed by atoms with E-state index in [1.54, 1.807) is 0 Å². The van der Waals surface area contributed by atoms with Crippen LogP contribution in [0, 0.1) is 11.8 Å². The van der Waals surface area contributed by atoms with Crippen molar-refractivity contribution >= 4 is 11.8 Å². The summed E-state index contributed by atoms with van der Waals surface area (Å²) in [5, 5.41) is 5.83. The molecule has 0 bridgehead atoms. The Labute approximate surface area is 110 Å². The third kappa shape index (κ3) is 5.17. The summed E-state index contributed by atoms with van der Waals surface area (Å²) in [6, 6.07) is 0.152. The van der Waals surface area contributed by atoms with Crippen molar-refractivity contribution in [2.45, 2.75) is 65.5 Å². The van der Waals surface area contributed by atoms with Crippen LogP contribution in [-0.4, -0.2) is 23.9 Å². The molecule has 0 aromatic heterocycles. The van der Waals surface area contributed by atoms with E-state index in [2.05, 4.69) is 38.3 Å². The van der Waals surface area contributed by atoms with Gasteiger partial charge in [-0.1, -0.05) is 27.7 Å². The largest absolute Gasteiger partial charge is 0.303 e. The van der Waals surface area contributed by atoms with Crippen LogP contribution < -0.4 is 10.6 Å². The fraction of sp³-hybridized carbons (Fsp3) is 0.857. The lowest BCUT2D eigenvalue weighted by Crippen LogP contribution is -2.53. The number of nitrogens with one attached hydrogen (secondary N) is 2. The summed E-state index contributed by atoms with van der Waals surface area (Å²) >= 11 is 0. The minimum absolute atomic E-state index is 0.151. The van der Waals surface area contributed by atoms with Gasteiger partial charge in [0.05, 0.1) is 6.04 Å². The first-order valence-corrected chi connectivity index (χ1v) is 6.98. The lowest BCUT2D eigenvalue weighted by Gasteiger charge is -2.29. The second kappa shape index (κ2) is 6.88. The van der Waals surface area contributed by atoms with Gasteiger partial charge in [-0.15, -0.1) is 0 Å². The van der Waals surface area contributed by atoms with Crippen molar-refractivity contribution in [1.82, 2.24) is 10.6 Å². The van der Waals surface area contributed by atoms with Crippen molar-refractivity contribution in [2.75, 3.05) is 0 Å². The van der Waals surface area contributed by atoms with Crippen LogP contribution in [0.4, 0.5) is 0 Å². The second-order valence-electron chi connectivity index (χ2n) is 6.13. The van der Waals surface area contributed by atoms with E-state index in [0.29, 0.717) is 30.7 Å². The average Bonchev–Trinajstić information content (AvgIpc) is 2.20. The second-order valence-corrected chi connectivity index (χ2v) is 6.13. The number of carbonyl (C=O) groups is 2. The van der Waals surface area contributed by atoms with Crippen LogP contribution in [-0.2, 0) is 9.59 Å². The molecular formula is C14H26N2O2. The summed E-state index contributed by atoms with van der Waals surface area (Å²) in [7, 11) is 0. The van der Waals surface area contributed by atoms with Crippen molar-refractivity contribution in [3.63, 3.8) is 0 Å². The Morgan fingerprint density at radius 2 is 1.72 bits per heavy atom. The lowest BCUT2D eigenvalue weighted by molar-refractivity contribution is -0.134. The average molecular weight is 254 g/mol. The summed E-state index contributed by atoms with van der Waals surface area (Å²) < 4.78 is 0. The van der Waals surface area contributed by atoms with Crippen LogP contribution in [0.3, 0.4) is 0 Å². The molecule has 1 aliphatic heterocycles. The summed E-state index contributed by atoms with van der Waals surface area (Å²) in [6.45, 7) is 8.78. The molecule has 1 fully saturated rings. The van der Waals surface area contributed by atoms with E-state index in [1.165, 1.54) is 0 Å². The quantitative estimate of drug-likeness (QED) is 0.711. The molecule has 4 nitrogen and oxygen atoms in total. The standard InChI is InChI=1S/C14H26N2O2/c1-9(2)7-11(8-10(3)4)15-12-5-6-13(17)16-14(12)18/h9-12,15H,5-8H2,1-4H3,(H,16,17,18). The van der Waals surface area contributed by atoms with Gasteiger partial charge in [-0.05, 0) is 31.1 Å². The molecule has 2 amide bonds. The van der Waals surface area contributed by atoms with Gasteiger partial charge in [-0.2, -0.15) is 0 Å². The number of carbonyl (C=O) groups excluding carboxylic acids is 2. The molecule has 0 aromatic carbocycles. The Bertz CT molecular complexity index is 290. The monoisotopic (exact) mass is 254 g/mol. The highest BCUT2D eigenvalue weighted by Gasteiger charge is 2.28. The van der Waals surface area contributed by atoms with Gasteiger partial charge in [0, 0.05) is 12.5 Å². The molecule has 0 aromatic rings. The minimum Gasteiger partial charge on any atom is -0.303 e. The number of imide groups is 1. The first-order valence-electron chi connectivity index (χ1n) is 6.98. The molecule has 1 rings (SSSR count). The van der Waals surface area contributed by atoms with Gasteiger partial charge in [0.2, 0.25) is 11.8 Å². The van der Waals surface area contributed by atoms with Gasteiger partial charge in [-0.25, -0.2) is 0 Å². The Kier molecular flexibility index (Phi) is 5.79. The zero-order chi connectivity index (χ0) is 13.7. The van der Waals surface area contributed by atoms with E-state index in [4.69, 9.17) is 0 Å². The van der Waals surface area contributed by atoms with Crippen molar-refractivity contribution in [2.24, 2.45) is 11.8 Å². The van der Waals surface area contributed by atoms with Crippen molar-refractivity contribution in [3.8, 4) is 0 Å². The summed E-state index contributed by atoms with van der Waals surface area (Å²) in [4.78, 5) is 22.8. The maximum atomic E-state index is 11.7. The fourth-order valence-electron chi connectivity index (χ4n) is 2.51. The highest BCUT2D eigenvalue weighted by molar-refractivity contribution is 6.00. The van der Waals surface area contributed by atoms with E-state index < -0.39 is 0 Å². The summed E-state index contributed by atoms with van der Waals surface area (Å²) in [5.74, 6) is 0.898. The van der Waals surface area contributed by atoms with Crippen molar-refractivity contribution in [3.05, 3.63) is 0 Å². The molecule has 1 unspecified atom stereocenters. The van der Waals surface area contributed by atoms with Crippen LogP contribution in [0.5, 0.6) is 0 Å². The number of hydrogen-bond donors (Lipinski definition) is 2. The lowest BCUT2D eigenvalue weighted by atomic mass is 9.94. The maximum absolute atomic E-state index is 11.7. The zero-order valence-electron chi connectivity index (χ0n) is 12.0. The Morgan fingerprint density at radius 3 is 2.17 bits per heavy atom. The number of rotatable bonds is 6. The first kappa shape index (κ1) is 15.2. The molecule has 0 radical (unpaired) electrons. The number of hydrogen-bond acceptors (Lipinski definition) is 3. The van der Waals surface area contributed by atoms with Crippen molar-refractivity contribution < 1.29 is 9.59 Å². The summed E-state index contributed by atoms with van der Waals surface area (Å²) in [6.07, 6.45) is 3.20. The topological polar surface area (TPSA) is 58.2 Å². The van der Waals surface area contributed by atoms with Gasteiger partial charge in [-0.3, -0.25) is 14.9 Å². The van der Waals surface area contributed by atoms with E-state index in [9.17, 15) is 9.59 Å². The predicted octanol–water partition coefficient (Wildman–Crippen LogP) is 1.84. The van der Waals surface area contributed by atoms with Gasteiger partial charge in [0.15, 0.2) is 0 Å². The van der Waals surface area contributed by atoms with E-state index in [1.807, 2.05) is 0 Å². The van der Waals surface area contributed by atoms with Gasteiger partial charge in [0.25, 0.3) is 0 Å². The number of amides is 2. The molecule has 2 N–H and O–H groups in total. The van der Waals surface area contributed by atoms with E-state index >= 15 is 0 Å². The molecular weight excluding hydrogens is 228 g/mol. The first-order chi connectivity index (χ1) is 8.38. The van der Waals surface area contributed by atoms with Gasteiger partial charge in [0.1, 0.15) is 0 Å². The molecule has 18 heavy (non-hydrogen) atoms. The Balaban J connectivity index is 2.53. The minimum atomic E-state index is -0.204. The normalized spacial score (nSPS) is 20.9. The maximum Gasteiger partial charge on any atom is 0.243 e. The number of piperidine rings is 1. The molecule has 1 saturated heterocycles. The van der Waals surface area contributed by atoms with E-state index in [-0.39, 0.29) is 17.9 Å². The predicted molar refractivity (Wildman–Crippen MR) is 72.0 cm³/mol. The third-order valence-corrected chi connectivity index (χ3v) is 3.19. The SMILES string of the molecule is CC(C)CC(CC(C)C)NC1CCC(=O)NC1=O. The molecule has 1 atom stereocenters. The van der Waals surface area contributed by atoms with Crippen LogP contribution in [0.25, 0.3) is 0 Å². The Hall–Kier alpha value is -0.900. The van der Waals surface area contributed by atoms with Gasteiger partial charge < -0.3 is 5.32 Å². The van der Waals surface area contributed by atoms with Crippen LogP contribution >= 0.6 is 0 Å². The fourth-order valence-corrected chi connectivity index (χ4v) is 2.51. The van der Waals surface area contributed by atoms with Gasteiger partial charge >= 0.3 is 0 Å². The molecule has 0 spiro atoms. The summed E-state index contributed by atoms with van der Waals surface area (Å²) in [5.41, 5.74) is 0. The van der Waals surface area contributed by atoms with Crippen molar-refractivity contribution in [1.29, 1.82) is 0 Å². The molecule has 4 heteroatoms. The Morgan fingerprint density at radius 1 is 1.17 bits per heavy atom. The molecule has 1 heterocycles. The molecule has 0 aliphatic carbocycles. The smallest absolute Gasteiger partial charge is 0.243 e. The van der Waals surface area contributed by atoms with Crippen LogP contribution in [0.2, 0.25) is 0 Å². The zero-order valence-corrected chi connectivity index (χ0v) is 12.0. The highest BCUT2D eigenvalue weighted by Crippen LogP contribution is 2.16.